The average Bonchev–Trinajstić information content (AvgIpc) is 3.24. The first kappa shape index (κ1) is 58.2. The normalized spacial score (nSPS) is 14.4. The molecule has 0 aromatic carbocycles. The summed E-state index contributed by atoms with van der Waals surface area (Å²) in [7, 11) is -4.53. The number of unbranched alkanes of at least 4 members (excludes halogenated alkanes) is 22. The third-order valence-corrected chi connectivity index (χ3v) is 11.1. The first-order chi connectivity index (χ1) is 29.3. The number of phosphoric acid groups is 1. The summed E-state index contributed by atoms with van der Waals surface area (Å²) in [6, 6.07) is 0. The maximum atomic E-state index is 12.6. The number of carbonyl (C=O) groups is 1. The maximum absolute atomic E-state index is 12.6. The van der Waals surface area contributed by atoms with E-state index in [1.807, 2.05) is 0 Å². The minimum absolute atomic E-state index is 0.0377. The van der Waals surface area contributed by atoms with Gasteiger partial charge in [0.15, 0.2) is 0 Å². The molecule has 0 heterocycles. The van der Waals surface area contributed by atoms with Crippen molar-refractivity contribution in [2.24, 2.45) is 0 Å². The highest BCUT2D eigenvalue weighted by Gasteiger charge is 2.26. The number of aliphatic hydroxyl groups is 2. The van der Waals surface area contributed by atoms with Crippen LogP contribution in [0.25, 0.3) is 0 Å². The van der Waals surface area contributed by atoms with Crippen LogP contribution in [0.4, 0.5) is 0 Å². The van der Waals surface area contributed by atoms with E-state index >= 15 is 0 Å². The Bertz CT molecular complexity index is 1120. The minimum atomic E-state index is -4.53. The number of carbonyl (C=O) groups excluding carboxylic acids is 1. The second-order valence-corrected chi connectivity index (χ2v) is 17.6. The van der Waals surface area contributed by atoms with Crippen LogP contribution in [0.2, 0.25) is 0 Å². The van der Waals surface area contributed by atoms with Gasteiger partial charge < -0.3 is 24.6 Å². The summed E-state index contributed by atoms with van der Waals surface area (Å²) in [5, 5.41) is 18.4. The lowest BCUT2D eigenvalue weighted by molar-refractivity contribution is -0.154. The highest BCUT2D eigenvalue weighted by atomic mass is 31.2. The zero-order chi connectivity index (χ0) is 43.9. The summed E-state index contributed by atoms with van der Waals surface area (Å²) < 4.78 is 33.4. The van der Waals surface area contributed by atoms with E-state index in [2.05, 4.69) is 74.6 Å². The van der Waals surface area contributed by atoms with Crippen LogP contribution in [-0.2, 0) is 27.9 Å². The summed E-state index contributed by atoms with van der Waals surface area (Å²) in [5.41, 5.74) is 0. The molecule has 0 spiro atoms. The van der Waals surface area contributed by atoms with Gasteiger partial charge in [0.05, 0.1) is 26.4 Å². The fraction of sp³-hybridized carbons (Fsp3) is 0.780. The van der Waals surface area contributed by atoms with E-state index in [0.717, 1.165) is 77.0 Å². The van der Waals surface area contributed by atoms with Gasteiger partial charge in [0.25, 0.3) is 0 Å². The zero-order valence-electron chi connectivity index (χ0n) is 38.4. The summed E-state index contributed by atoms with van der Waals surface area (Å²) in [5.74, 6) is -0.399. The minimum Gasteiger partial charge on any atom is -0.457 e. The average molecular weight is 867 g/mol. The topological polar surface area (TPSA) is 132 Å². The van der Waals surface area contributed by atoms with Crippen LogP contribution in [0.1, 0.15) is 206 Å². The number of esters is 1. The van der Waals surface area contributed by atoms with E-state index in [4.69, 9.17) is 23.6 Å². The highest BCUT2D eigenvalue weighted by molar-refractivity contribution is 7.47. The molecule has 0 aliphatic heterocycles. The maximum Gasteiger partial charge on any atom is 0.472 e. The highest BCUT2D eigenvalue weighted by Crippen LogP contribution is 2.43. The Hall–Kier alpha value is -1.84. The van der Waals surface area contributed by atoms with Crippen molar-refractivity contribution < 1.29 is 43.0 Å². The number of ether oxygens (including phenoxy) is 2. The third-order valence-electron chi connectivity index (χ3n) is 10.2. The molecular formula is C50H91O9P. The molecule has 3 N–H and O–H groups in total. The summed E-state index contributed by atoms with van der Waals surface area (Å²) in [6.07, 6.45) is 54.7. The van der Waals surface area contributed by atoms with Crippen molar-refractivity contribution in [1.29, 1.82) is 0 Å². The van der Waals surface area contributed by atoms with Gasteiger partial charge in [0.2, 0.25) is 0 Å². The second-order valence-electron chi connectivity index (χ2n) is 16.1. The molecule has 3 unspecified atom stereocenters. The number of hydrogen-bond donors (Lipinski definition) is 3. The second kappa shape index (κ2) is 46.7. The van der Waals surface area contributed by atoms with Gasteiger partial charge >= 0.3 is 13.8 Å². The third kappa shape index (κ3) is 45.7. The van der Waals surface area contributed by atoms with Crippen LogP contribution < -0.4 is 0 Å². The Morgan fingerprint density at radius 1 is 0.517 bits per heavy atom. The lowest BCUT2D eigenvalue weighted by atomic mass is 10.1. The van der Waals surface area contributed by atoms with Crippen molar-refractivity contribution >= 4 is 13.8 Å². The predicted octanol–water partition coefficient (Wildman–Crippen LogP) is 13.9. The number of hydrogen-bond acceptors (Lipinski definition) is 8. The SMILES string of the molecule is CCCCC/C=C\C/C=C\CCCCCCCC(=O)OC(COCCCCCCCCCCC/C=C\C/C=C\C/C=C\CCCCCCC)COP(=O)(O)OCC(O)CO. The molecule has 0 saturated carbocycles. The molecule has 0 rings (SSSR count). The molecule has 0 aromatic rings. The van der Waals surface area contributed by atoms with E-state index in [-0.39, 0.29) is 19.6 Å². The van der Waals surface area contributed by atoms with Crippen LogP contribution >= 0.6 is 7.82 Å². The summed E-state index contributed by atoms with van der Waals surface area (Å²) in [4.78, 5) is 22.6. The lowest BCUT2D eigenvalue weighted by Crippen LogP contribution is -2.29. The van der Waals surface area contributed by atoms with Crippen LogP contribution in [0.5, 0.6) is 0 Å². The van der Waals surface area contributed by atoms with Gasteiger partial charge in [-0.2, -0.15) is 0 Å². The molecule has 0 fully saturated rings. The van der Waals surface area contributed by atoms with Crippen LogP contribution in [0, 0.1) is 0 Å². The van der Waals surface area contributed by atoms with Crippen LogP contribution in [0.15, 0.2) is 60.8 Å². The number of aliphatic hydroxyl groups excluding tert-OH is 2. The van der Waals surface area contributed by atoms with Gasteiger partial charge in [0.1, 0.15) is 12.2 Å². The van der Waals surface area contributed by atoms with Gasteiger partial charge in [-0.25, -0.2) is 4.57 Å². The summed E-state index contributed by atoms with van der Waals surface area (Å²) >= 11 is 0. The molecule has 0 aliphatic carbocycles. The van der Waals surface area contributed by atoms with E-state index in [9.17, 15) is 19.4 Å². The van der Waals surface area contributed by atoms with E-state index < -0.39 is 39.2 Å². The van der Waals surface area contributed by atoms with E-state index in [0.29, 0.717) is 13.0 Å². The van der Waals surface area contributed by atoms with Gasteiger partial charge in [0, 0.05) is 13.0 Å². The molecule has 350 valence electrons. The Kier molecular flexibility index (Phi) is 45.2. The van der Waals surface area contributed by atoms with Crippen molar-refractivity contribution in [3.63, 3.8) is 0 Å². The van der Waals surface area contributed by atoms with Gasteiger partial charge in [-0.05, 0) is 83.5 Å². The smallest absolute Gasteiger partial charge is 0.457 e. The number of phosphoric ester groups is 1. The van der Waals surface area contributed by atoms with Crippen molar-refractivity contribution in [1.82, 2.24) is 0 Å². The Morgan fingerprint density at radius 3 is 1.38 bits per heavy atom. The fourth-order valence-electron chi connectivity index (χ4n) is 6.45. The largest absolute Gasteiger partial charge is 0.472 e. The van der Waals surface area contributed by atoms with Crippen molar-refractivity contribution in [2.45, 2.75) is 219 Å². The first-order valence-electron chi connectivity index (χ1n) is 24.3. The van der Waals surface area contributed by atoms with Crippen molar-refractivity contribution in [2.75, 3.05) is 33.0 Å². The molecule has 0 radical (unpaired) electrons. The van der Waals surface area contributed by atoms with E-state index in [1.165, 1.54) is 103 Å². The van der Waals surface area contributed by atoms with Crippen molar-refractivity contribution in [3.8, 4) is 0 Å². The standard InChI is InChI=1S/C50H91O9P/c1-3-5-7-9-11-13-15-17-19-20-21-22-23-24-25-26-27-29-31-33-35-37-39-41-43-56-46-49(47-58-60(54,55)57-45-48(52)44-51)59-50(53)42-40-38-36-34-32-30-28-18-16-14-12-10-8-6-4-2/h12,14-15,17-18,20-21,23-24,28,48-49,51-52H,3-11,13,16,19,22,25-27,29-47H2,1-2H3,(H,54,55)/b14-12-,17-15-,21-20-,24-23-,28-18-. The molecule has 0 aromatic heterocycles. The molecule has 9 nitrogen and oxygen atoms in total. The summed E-state index contributed by atoms with van der Waals surface area (Å²) in [6.45, 7) is 3.45. The monoisotopic (exact) mass is 867 g/mol. The Balaban J connectivity index is 4.11. The van der Waals surface area contributed by atoms with Gasteiger partial charge in [-0.1, -0.05) is 177 Å². The van der Waals surface area contributed by atoms with E-state index in [1.54, 1.807) is 0 Å². The van der Waals surface area contributed by atoms with Crippen LogP contribution in [0.3, 0.4) is 0 Å². The number of allylic oxidation sites excluding steroid dienone is 10. The first-order valence-corrected chi connectivity index (χ1v) is 25.8. The van der Waals surface area contributed by atoms with Crippen LogP contribution in [-0.4, -0.2) is 66.3 Å². The van der Waals surface area contributed by atoms with Crippen molar-refractivity contribution in [3.05, 3.63) is 60.8 Å². The lowest BCUT2D eigenvalue weighted by Gasteiger charge is -2.20. The molecule has 0 amide bonds. The molecule has 0 bridgehead atoms. The Labute approximate surface area is 368 Å². The molecule has 0 aliphatic rings. The molecule has 0 saturated heterocycles. The quantitative estimate of drug-likeness (QED) is 0.0237. The Morgan fingerprint density at radius 2 is 0.900 bits per heavy atom. The molecule has 3 atom stereocenters. The molecule has 10 heteroatoms. The number of rotatable bonds is 46. The van der Waals surface area contributed by atoms with Gasteiger partial charge in [-0.3, -0.25) is 13.8 Å². The molecule has 60 heavy (non-hydrogen) atoms. The fourth-order valence-corrected chi connectivity index (χ4v) is 7.24. The zero-order valence-corrected chi connectivity index (χ0v) is 39.3. The van der Waals surface area contributed by atoms with Gasteiger partial charge in [-0.15, -0.1) is 0 Å². The predicted molar refractivity (Wildman–Crippen MR) is 251 cm³/mol. The molecular weight excluding hydrogens is 776 g/mol.